The number of hydrogen-bond donors (Lipinski definition) is 19. The lowest BCUT2D eigenvalue weighted by molar-refractivity contribution is -0.133. The first-order valence-corrected chi connectivity index (χ1v) is 41.9. The maximum Gasteiger partial charge on any atom is 0.243 e. The van der Waals surface area contributed by atoms with Crippen LogP contribution in [0.1, 0.15) is 283 Å². The third kappa shape index (κ3) is 52.3. The predicted molar refractivity (Wildman–Crippen MR) is 440 cm³/mol. The van der Waals surface area contributed by atoms with E-state index in [1.54, 1.807) is 0 Å². The minimum Gasteiger partial charge on any atom is -0.370 e. The highest BCUT2D eigenvalue weighted by molar-refractivity contribution is 5.95. The summed E-state index contributed by atoms with van der Waals surface area (Å²) in [5, 5.41) is 35.1. The van der Waals surface area contributed by atoms with Crippen LogP contribution >= 0.6 is 0 Å². The van der Waals surface area contributed by atoms with Crippen molar-refractivity contribution < 1.29 is 62.3 Å². The van der Waals surface area contributed by atoms with Gasteiger partial charge in [-0.1, -0.05) is 83.1 Å². The van der Waals surface area contributed by atoms with Gasteiger partial charge < -0.3 is 104 Å². The quantitative estimate of drug-likeness (QED) is 0.0389. The van der Waals surface area contributed by atoms with Crippen LogP contribution in [0.15, 0.2) is 0 Å². The van der Waals surface area contributed by atoms with Crippen molar-refractivity contribution in [2.75, 3.05) is 39.3 Å². The molecule has 26 N–H and O–H groups in total. The van der Waals surface area contributed by atoms with Crippen molar-refractivity contribution in [3.63, 3.8) is 0 Å². The van der Waals surface area contributed by atoms with E-state index in [1.807, 2.05) is 83.1 Å². The minimum absolute atomic E-state index is 0.00450. The molecule has 112 heavy (non-hydrogen) atoms. The molecule has 0 aliphatic heterocycles. The van der Waals surface area contributed by atoms with Crippen molar-refractivity contribution in [3.05, 3.63) is 0 Å². The lowest BCUT2D eigenvalue weighted by atomic mass is 9.97. The fourth-order valence-corrected chi connectivity index (χ4v) is 13.8. The Bertz CT molecular complexity index is 2760. The van der Waals surface area contributed by atoms with E-state index in [0.29, 0.717) is 161 Å². The van der Waals surface area contributed by atoms with Crippen LogP contribution in [0.2, 0.25) is 0 Å². The van der Waals surface area contributed by atoms with Gasteiger partial charge in [-0.3, -0.25) is 62.3 Å². The molecule has 32 heteroatoms. The molecule has 648 valence electrons. The zero-order chi connectivity index (χ0) is 84.8. The van der Waals surface area contributed by atoms with Gasteiger partial charge in [-0.25, -0.2) is 0 Å². The molecule has 0 aromatic rings. The molecule has 0 bridgehead atoms. The first-order chi connectivity index (χ1) is 52.9. The molecule has 0 rings (SSSR count). The summed E-state index contributed by atoms with van der Waals surface area (Å²) in [6, 6.07) is -10.3. The highest BCUT2D eigenvalue weighted by Gasteiger charge is 2.35. The molecule has 0 aliphatic carbocycles. The summed E-state index contributed by atoms with van der Waals surface area (Å²) in [4.78, 5) is 180. The van der Waals surface area contributed by atoms with Gasteiger partial charge in [0, 0.05) is 81.7 Å². The van der Waals surface area contributed by atoms with Gasteiger partial charge in [-0.2, -0.15) is 0 Å². The van der Waals surface area contributed by atoms with Crippen molar-refractivity contribution in [2.24, 2.45) is 75.6 Å². The van der Waals surface area contributed by atoms with Gasteiger partial charge in [-0.15, -0.1) is 0 Å². The van der Waals surface area contributed by atoms with Crippen molar-refractivity contribution in [3.8, 4) is 0 Å². The molecule has 0 spiro atoms. The number of carbonyl (C=O) groups is 13. The number of primary amides is 1. The maximum absolute atomic E-state index is 14.6. The molecule has 0 radical (unpaired) electrons. The van der Waals surface area contributed by atoms with E-state index in [-0.39, 0.29) is 112 Å². The second-order valence-corrected chi connectivity index (χ2v) is 33.3. The molecule has 0 fully saturated rings. The van der Waals surface area contributed by atoms with Crippen LogP contribution < -0.4 is 104 Å². The maximum atomic E-state index is 14.6. The monoisotopic (exact) mass is 1590 g/mol. The van der Waals surface area contributed by atoms with E-state index >= 15 is 0 Å². The standard InChI is InChI=1S/C80H155N19O13/c1-50(2)38-57(44-69(87)101)89-70(102)47-60(41-53(7)8)92-76(108)67(30-18-24-36-85)98-79(111)64(27-15-21-33-82)95-74(106)46-59(40-52(5)6)91-72(104)49-62(43-55(11)12)94-77(109)68(31-19-25-37-86)99-80(112)65(28-16-22-34-83)96-73(105)45-58(39-51(3)4)90-71(103)48-61(42-54(9)10)93-75(107)66(29-17-23-35-84)97-78(110)63(88-56(13)100)26-14-20-32-81/h50-55,57-68H,14-49,81-86H2,1-13H3,(H2,87,101)(H,88,100)(H,89,102)(H,90,103)(H,91,104)(H,92,108)(H,93,107)(H,94,109)(H,95,106)(H,96,105)(H,97,110)(H,98,111)(H,99,112)/t57-,58-,59-,60-,61-,62-,63+,64+,65+,66-,67-,68-/m0/s1. The number of nitrogens with two attached hydrogens (primary N) is 7. The molecule has 0 aliphatic rings. The predicted octanol–water partition coefficient (Wildman–Crippen LogP) is 2.70. The molecule has 32 nitrogen and oxygen atoms in total. The van der Waals surface area contributed by atoms with Gasteiger partial charge in [-0.05, 0) is 229 Å². The van der Waals surface area contributed by atoms with Crippen LogP contribution in [0.25, 0.3) is 0 Å². The zero-order valence-electron chi connectivity index (χ0n) is 70.7. The van der Waals surface area contributed by atoms with E-state index in [4.69, 9.17) is 40.1 Å². The van der Waals surface area contributed by atoms with Crippen LogP contribution in [0.3, 0.4) is 0 Å². The third-order valence-corrected chi connectivity index (χ3v) is 18.9. The topological polar surface area (TPSA) is 548 Å². The molecule has 0 saturated carbocycles. The number of unbranched alkanes of at least 4 members (excludes halogenated alkanes) is 6. The number of hydrogen-bond acceptors (Lipinski definition) is 19. The Morgan fingerprint density at radius 1 is 0.223 bits per heavy atom. The third-order valence-electron chi connectivity index (χ3n) is 18.9. The van der Waals surface area contributed by atoms with Crippen LogP contribution in [0.5, 0.6) is 0 Å². The molecule has 13 amide bonds. The highest BCUT2D eigenvalue weighted by atomic mass is 16.2. The summed E-state index contributed by atoms with van der Waals surface area (Å²) >= 11 is 0. The largest absolute Gasteiger partial charge is 0.370 e. The van der Waals surface area contributed by atoms with Crippen molar-refractivity contribution in [2.45, 2.75) is 355 Å². The lowest BCUT2D eigenvalue weighted by Gasteiger charge is -2.28. The van der Waals surface area contributed by atoms with Crippen molar-refractivity contribution in [1.82, 2.24) is 63.8 Å². The first-order valence-electron chi connectivity index (χ1n) is 41.9. The normalized spacial score (nSPS) is 14.8. The SMILES string of the molecule is CC(=O)N[C@H](CCCCN)C(=O)N[C@@H](CCCCN)C(=O)N[C@H](CC(=O)N[C@H](CC(=O)N[C@H](CCCCN)C(=O)N[C@@H](CCCCN)C(=O)N[C@H](CC(=O)N[C@H](CC(=O)N[C@H](CCCCN)C(=O)N[C@@H](CCCCN)C(=O)N[C@H](CC(=O)N[C@H](CC(N)=O)CC(C)C)CC(C)C)CC(C)C)CC(C)C)CC(C)C)CC(C)C. The molecule has 0 unspecified atom stereocenters. The number of amides is 13. The Morgan fingerprint density at radius 2 is 0.393 bits per heavy atom. The Morgan fingerprint density at radius 3 is 0.580 bits per heavy atom. The van der Waals surface area contributed by atoms with E-state index in [1.165, 1.54) is 6.92 Å². The summed E-state index contributed by atoms with van der Waals surface area (Å²) in [5.74, 6) is -6.42. The van der Waals surface area contributed by atoms with E-state index < -0.39 is 143 Å². The van der Waals surface area contributed by atoms with Crippen molar-refractivity contribution in [1.29, 1.82) is 0 Å². The summed E-state index contributed by atoms with van der Waals surface area (Å²) in [6.07, 6.45) is 9.08. The van der Waals surface area contributed by atoms with Gasteiger partial charge >= 0.3 is 0 Å². The summed E-state index contributed by atoms with van der Waals surface area (Å²) in [7, 11) is 0. The number of carbonyl (C=O) groups excluding carboxylic acids is 13. The summed E-state index contributed by atoms with van der Waals surface area (Å²) in [5.41, 5.74) is 40.5. The van der Waals surface area contributed by atoms with E-state index in [2.05, 4.69) is 63.8 Å². The van der Waals surface area contributed by atoms with Gasteiger partial charge in [0.05, 0.1) is 0 Å². The van der Waals surface area contributed by atoms with Gasteiger partial charge in [0.2, 0.25) is 76.8 Å². The molecule has 0 saturated heterocycles. The smallest absolute Gasteiger partial charge is 0.243 e. The lowest BCUT2D eigenvalue weighted by Crippen LogP contribution is -2.56. The average molecular weight is 1590 g/mol. The minimum atomic E-state index is -1.13. The van der Waals surface area contributed by atoms with Gasteiger partial charge in [0.15, 0.2) is 0 Å². The van der Waals surface area contributed by atoms with Crippen molar-refractivity contribution >= 4 is 76.8 Å². The van der Waals surface area contributed by atoms with Gasteiger partial charge in [0.25, 0.3) is 0 Å². The Kier molecular flexibility index (Phi) is 57.4. The molecule has 0 heterocycles. The molecule has 0 aromatic carbocycles. The van der Waals surface area contributed by atoms with Crippen LogP contribution in [0, 0.1) is 35.5 Å². The average Bonchev–Trinajstić information content (AvgIpc) is 0.879. The summed E-state index contributed by atoms with van der Waals surface area (Å²) in [6.45, 7) is 26.8. The summed E-state index contributed by atoms with van der Waals surface area (Å²) < 4.78 is 0. The number of nitrogens with one attached hydrogen (secondary N) is 12. The van der Waals surface area contributed by atoms with Crippen LogP contribution in [0.4, 0.5) is 0 Å². The first kappa shape index (κ1) is 105. The van der Waals surface area contributed by atoms with Crippen LogP contribution in [-0.2, 0) is 62.3 Å². The Hall–Kier alpha value is -7.13. The second kappa shape index (κ2) is 61.3. The molecule has 12 atom stereocenters. The fourth-order valence-electron chi connectivity index (χ4n) is 13.8. The molecular formula is C80H155N19O13. The molecular weight excluding hydrogens is 1430 g/mol. The van der Waals surface area contributed by atoms with E-state index in [0.717, 1.165) is 0 Å². The van der Waals surface area contributed by atoms with Crippen LogP contribution in [-0.4, -0.2) is 189 Å². The zero-order valence-corrected chi connectivity index (χ0v) is 70.7. The second-order valence-electron chi connectivity index (χ2n) is 33.3. The molecule has 0 aromatic heterocycles. The van der Waals surface area contributed by atoms with Gasteiger partial charge in [0.1, 0.15) is 36.3 Å². The highest BCUT2D eigenvalue weighted by Crippen LogP contribution is 2.19. The van der Waals surface area contributed by atoms with E-state index in [9.17, 15) is 62.3 Å². The number of rotatable bonds is 66. The Balaban J connectivity index is 6.82. The fraction of sp³-hybridized carbons (Fsp3) is 0.838. The Labute approximate surface area is 670 Å².